The lowest BCUT2D eigenvalue weighted by atomic mass is 9.96. The van der Waals surface area contributed by atoms with E-state index in [9.17, 15) is 14.0 Å². The lowest BCUT2D eigenvalue weighted by Gasteiger charge is -2.22. The summed E-state index contributed by atoms with van der Waals surface area (Å²) in [6.07, 6.45) is 3.12. The third-order valence-corrected chi connectivity index (χ3v) is 3.23. The van der Waals surface area contributed by atoms with E-state index in [4.69, 9.17) is 4.74 Å². The highest BCUT2D eigenvalue weighted by molar-refractivity contribution is 5.24. The van der Waals surface area contributed by atoms with Gasteiger partial charge >= 0.3 is 0 Å². The molecule has 1 unspecified atom stereocenters. The third-order valence-electron chi connectivity index (χ3n) is 3.23. The molecule has 0 aliphatic rings. The van der Waals surface area contributed by atoms with Crippen LogP contribution in [-0.2, 0) is 0 Å². The van der Waals surface area contributed by atoms with E-state index >= 15 is 0 Å². The van der Waals surface area contributed by atoms with Crippen molar-refractivity contribution in [2.75, 3.05) is 13.2 Å². The van der Waals surface area contributed by atoms with Gasteiger partial charge in [0.05, 0.1) is 12.7 Å². The monoisotopic (exact) mass is 296 g/mol. The van der Waals surface area contributed by atoms with Crippen LogP contribution < -0.4 is 10.1 Å². The number of ether oxygens (including phenoxy) is 1. The van der Waals surface area contributed by atoms with Crippen molar-refractivity contribution in [2.24, 2.45) is 0 Å². The van der Waals surface area contributed by atoms with Gasteiger partial charge in [-0.3, -0.25) is 5.32 Å². The quantitative estimate of drug-likeness (QED) is 0.705. The van der Waals surface area contributed by atoms with Crippen LogP contribution in [0, 0.1) is 23.0 Å². The number of unbranched alkanes of at least 4 members (excludes halogenated alkanes) is 1. The Hall–Kier alpha value is -1.67. The molecule has 0 heterocycles. The molecule has 0 spiro atoms. The van der Waals surface area contributed by atoms with E-state index in [2.05, 4.69) is 11.4 Å². The van der Waals surface area contributed by atoms with Gasteiger partial charge in [-0.2, -0.15) is 5.26 Å². The summed E-state index contributed by atoms with van der Waals surface area (Å²) in [5.74, 6) is -1.16. The van der Waals surface area contributed by atoms with E-state index in [0.717, 1.165) is 37.6 Å². The minimum absolute atomic E-state index is 0.0675. The lowest BCUT2D eigenvalue weighted by molar-refractivity contribution is 0.281. The van der Waals surface area contributed by atoms with Crippen molar-refractivity contribution in [3.05, 3.63) is 29.8 Å². The highest BCUT2D eigenvalue weighted by Gasteiger charge is 2.21. The van der Waals surface area contributed by atoms with Gasteiger partial charge in [0.2, 0.25) is 0 Å². The van der Waals surface area contributed by atoms with E-state index in [0.29, 0.717) is 19.4 Å². The maximum Gasteiger partial charge on any atom is 0.165 e. The Balaban J connectivity index is 2.31. The molecule has 0 aliphatic heterocycles. The van der Waals surface area contributed by atoms with Crippen molar-refractivity contribution < 1.29 is 13.5 Å². The first-order valence-corrected chi connectivity index (χ1v) is 7.25. The molecule has 0 bridgehead atoms. The molecule has 116 valence electrons. The van der Waals surface area contributed by atoms with E-state index < -0.39 is 17.2 Å². The van der Waals surface area contributed by atoms with Crippen LogP contribution in [0.25, 0.3) is 0 Å². The summed E-state index contributed by atoms with van der Waals surface area (Å²) >= 11 is 0. The Kier molecular flexibility index (Phi) is 7.10. The number of nitrogens with one attached hydrogen (secondary N) is 1. The Labute approximate surface area is 124 Å². The highest BCUT2D eigenvalue weighted by atomic mass is 19.1. The lowest BCUT2D eigenvalue weighted by Crippen LogP contribution is -2.41. The molecule has 1 aromatic carbocycles. The van der Waals surface area contributed by atoms with Gasteiger partial charge in [-0.1, -0.05) is 6.92 Å². The van der Waals surface area contributed by atoms with Crippen LogP contribution in [-0.4, -0.2) is 18.7 Å². The zero-order valence-corrected chi connectivity index (χ0v) is 12.6. The molecule has 1 N–H and O–H groups in total. The topological polar surface area (TPSA) is 45.0 Å². The van der Waals surface area contributed by atoms with Gasteiger partial charge in [0, 0.05) is 6.07 Å². The fraction of sp³-hybridized carbons (Fsp3) is 0.562. The first-order valence-electron chi connectivity index (χ1n) is 7.25. The van der Waals surface area contributed by atoms with Gasteiger partial charge in [0.1, 0.15) is 11.4 Å². The molecule has 0 aliphatic carbocycles. The first-order chi connectivity index (χ1) is 10.0. The maximum absolute atomic E-state index is 13.3. The Bertz CT molecular complexity index is 488. The molecule has 1 aromatic rings. The van der Waals surface area contributed by atoms with Gasteiger partial charge in [-0.15, -0.1) is 0 Å². The van der Waals surface area contributed by atoms with Crippen molar-refractivity contribution in [3.63, 3.8) is 0 Å². The van der Waals surface area contributed by atoms with Crippen molar-refractivity contribution in [3.8, 4) is 11.8 Å². The van der Waals surface area contributed by atoms with Crippen LogP contribution in [0.3, 0.4) is 0 Å². The SMILES string of the molecule is CCCNC(C)(C#N)CCCCOc1cc(F)ccc1F. The van der Waals surface area contributed by atoms with Gasteiger partial charge < -0.3 is 4.74 Å². The fourth-order valence-electron chi connectivity index (χ4n) is 1.94. The first kappa shape index (κ1) is 17.4. The van der Waals surface area contributed by atoms with Crippen molar-refractivity contribution in [1.82, 2.24) is 5.32 Å². The third kappa shape index (κ3) is 6.09. The fourth-order valence-corrected chi connectivity index (χ4v) is 1.94. The van der Waals surface area contributed by atoms with Crippen molar-refractivity contribution in [1.29, 1.82) is 5.26 Å². The van der Waals surface area contributed by atoms with Crippen LogP contribution in [0.15, 0.2) is 18.2 Å². The van der Waals surface area contributed by atoms with Crippen molar-refractivity contribution in [2.45, 2.75) is 45.1 Å². The standard InChI is InChI=1S/C16H22F2N2O/c1-3-9-20-16(2,12-19)8-4-5-10-21-15-11-13(17)6-7-14(15)18/h6-7,11,20H,3-5,8-10H2,1-2H3. The van der Waals surface area contributed by atoms with Gasteiger partial charge in [0.15, 0.2) is 11.6 Å². The normalized spacial score (nSPS) is 13.5. The van der Waals surface area contributed by atoms with E-state index in [1.54, 1.807) is 0 Å². The Morgan fingerprint density at radius 1 is 1.33 bits per heavy atom. The van der Waals surface area contributed by atoms with Crippen LogP contribution in [0.1, 0.15) is 39.5 Å². The van der Waals surface area contributed by atoms with Gasteiger partial charge in [-0.25, -0.2) is 8.78 Å². The molecule has 1 atom stereocenters. The molecule has 0 aromatic heterocycles. The summed E-state index contributed by atoms with van der Waals surface area (Å²) < 4.78 is 31.5. The van der Waals surface area contributed by atoms with Crippen molar-refractivity contribution >= 4 is 0 Å². The van der Waals surface area contributed by atoms with Crippen LogP contribution in [0.4, 0.5) is 8.78 Å². The number of hydrogen-bond acceptors (Lipinski definition) is 3. The smallest absolute Gasteiger partial charge is 0.165 e. The van der Waals surface area contributed by atoms with Gasteiger partial charge in [0.25, 0.3) is 0 Å². The van der Waals surface area contributed by atoms with Gasteiger partial charge in [-0.05, 0) is 51.3 Å². The zero-order valence-electron chi connectivity index (χ0n) is 12.6. The van der Waals surface area contributed by atoms with E-state index in [-0.39, 0.29) is 5.75 Å². The second-order valence-electron chi connectivity index (χ2n) is 5.25. The van der Waals surface area contributed by atoms with E-state index in [1.807, 2.05) is 13.8 Å². The highest BCUT2D eigenvalue weighted by Crippen LogP contribution is 2.19. The number of nitrogens with zero attached hydrogens (tertiary/aromatic N) is 1. The predicted molar refractivity (Wildman–Crippen MR) is 78.0 cm³/mol. The second kappa shape index (κ2) is 8.58. The number of nitriles is 1. The molecule has 1 rings (SSSR count). The van der Waals surface area contributed by atoms with Crippen LogP contribution >= 0.6 is 0 Å². The molecule has 0 saturated heterocycles. The zero-order chi connectivity index (χ0) is 15.7. The second-order valence-corrected chi connectivity index (χ2v) is 5.25. The molecule has 3 nitrogen and oxygen atoms in total. The minimum atomic E-state index is -0.567. The molecule has 21 heavy (non-hydrogen) atoms. The summed E-state index contributed by atoms with van der Waals surface area (Å²) in [4.78, 5) is 0. The molecule has 0 radical (unpaired) electrons. The van der Waals surface area contributed by atoms with Crippen LogP contribution in [0.5, 0.6) is 5.75 Å². The average Bonchev–Trinajstić information content (AvgIpc) is 2.48. The van der Waals surface area contributed by atoms with E-state index in [1.165, 1.54) is 0 Å². The molecule has 0 saturated carbocycles. The molecule has 0 fully saturated rings. The molecular weight excluding hydrogens is 274 g/mol. The molecular formula is C16H22F2N2O. The maximum atomic E-state index is 13.3. The average molecular weight is 296 g/mol. The summed E-state index contributed by atoms with van der Waals surface area (Å²) in [7, 11) is 0. The summed E-state index contributed by atoms with van der Waals surface area (Å²) in [5.41, 5.74) is -0.542. The number of hydrogen-bond donors (Lipinski definition) is 1. The Morgan fingerprint density at radius 2 is 2.10 bits per heavy atom. The predicted octanol–water partition coefficient (Wildman–Crippen LogP) is 3.80. The summed E-state index contributed by atoms with van der Waals surface area (Å²) in [5, 5.41) is 12.4. The molecule has 0 amide bonds. The minimum Gasteiger partial charge on any atom is -0.490 e. The number of halogens is 2. The number of benzene rings is 1. The number of rotatable bonds is 9. The largest absolute Gasteiger partial charge is 0.490 e. The Morgan fingerprint density at radius 3 is 2.76 bits per heavy atom. The van der Waals surface area contributed by atoms with Crippen LogP contribution in [0.2, 0.25) is 0 Å². The molecule has 5 heteroatoms. The summed E-state index contributed by atoms with van der Waals surface area (Å²) in [6.45, 7) is 5.02. The summed E-state index contributed by atoms with van der Waals surface area (Å²) in [6, 6.07) is 5.42.